The Morgan fingerprint density at radius 3 is 2.58 bits per heavy atom. The Kier molecular flexibility index (Phi) is 6.01. The van der Waals surface area contributed by atoms with E-state index in [1.54, 1.807) is 26.0 Å². The molecule has 0 unspecified atom stereocenters. The average Bonchev–Trinajstić information content (AvgIpc) is 2.60. The third-order valence-electron chi connectivity index (χ3n) is 3.44. The number of aromatic nitrogens is 1. The molecule has 0 atom stereocenters. The molecular weight excluding hydrogens is 405 g/mol. The Morgan fingerprint density at radius 1 is 1.31 bits per heavy atom. The van der Waals surface area contributed by atoms with E-state index >= 15 is 0 Å². The van der Waals surface area contributed by atoms with Crippen molar-refractivity contribution in [2.75, 3.05) is 5.73 Å². The molecule has 0 saturated heterocycles. The third kappa shape index (κ3) is 4.04. The van der Waals surface area contributed by atoms with Crippen LogP contribution in [0, 0.1) is 17.0 Å². The van der Waals surface area contributed by atoms with E-state index < -0.39 is 10.8 Å². The number of rotatable bonds is 4. The number of nitro benzene ring substituents is 1. The quantitative estimate of drug-likeness (QED) is 0.337. The van der Waals surface area contributed by atoms with Crippen LogP contribution >= 0.6 is 34.8 Å². The zero-order chi connectivity index (χ0) is 19.6. The van der Waals surface area contributed by atoms with E-state index in [2.05, 4.69) is 15.5 Å². The van der Waals surface area contributed by atoms with Crippen LogP contribution in [-0.2, 0) is 0 Å². The summed E-state index contributed by atoms with van der Waals surface area (Å²) in [6.07, 6.45) is 0. The number of hydrazone groups is 1. The number of anilines is 1. The van der Waals surface area contributed by atoms with Crippen molar-refractivity contribution in [2.24, 2.45) is 5.10 Å². The number of nitro groups is 1. The molecule has 11 heteroatoms. The average molecular weight is 417 g/mol. The molecule has 1 heterocycles. The van der Waals surface area contributed by atoms with Gasteiger partial charge in [0.15, 0.2) is 10.8 Å². The van der Waals surface area contributed by atoms with Crippen LogP contribution in [0.2, 0.25) is 15.2 Å². The molecule has 0 spiro atoms. The third-order valence-corrected chi connectivity index (χ3v) is 4.57. The van der Waals surface area contributed by atoms with Crippen LogP contribution < -0.4 is 11.2 Å². The van der Waals surface area contributed by atoms with Gasteiger partial charge in [-0.3, -0.25) is 14.9 Å². The summed E-state index contributed by atoms with van der Waals surface area (Å²) in [5.74, 6) is -0.763. The van der Waals surface area contributed by atoms with Gasteiger partial charge >= 0.3 is 0 Å². The lowest BCUT2D eigenvalue weighted by Gasteiger charge is -2.08. The summed E-state index contributed by atoms with van der Waals surface area (Å²) >= 11 is 17.6. The van der Waals surface area contributed by atoms with E-state index in [1.165, 1.54) is 6.07 Å². The summed E-state index contributed by atoms with van der Waals surface area (Å²) in [5, 5.41) is 14.5. The van der Waals surface area contributed by atoms with Crippen molar-refractivity contribution >= 4 is 57.8 Å². The second-order valence-corrected chi connectivity index (χ2v) is 6.30. The minimum atomic E-state index is -0.763. The number of nitrogens with one attached hydrogen (secondary N) is 1. The highest BCUT2D eigenvalue weighted by Crippen LogP contribution is 2.34. The van der Waals surface area contributed by atoms with Crippen LogP contribution in [0.1, 0.15) is 28.5 Å². The van der Waals surface area contributed by atoms with Gasteiger partial charge in [0.25, 0.3) is 11.6 Å². The van der Waals surface area contributed by atoms with Gasteiger partial charge in [0.05, 0.1) is 21.3 Å². The maximum atomic E-state index is 12.2. The number of hydrogen-bond acceptors (Lipinski definition) is 6. The van der Waals surface area contributed by atoms with Gasteiger partial charge in [0, 0.05) is 17.2 Å². The van der Waals surface area contributed by atoms with E-state index in [0.29, 0.717) is 16.8 Å². The smallest absolute Gasteiger partial charge is 0.291 e. The Balaban J connectivity index is 2.29. The van der Waals surface area contributed by atoms with Gasteiger partial charge in [0.1, 0.15) is 5.02 Å². The maximum absolute atomic E-state index is 12.2. The van der Waals surface area contributed by atoms with Crippen molar-refractivity contribution in [2.45, 2.75) is 13.8 Å². The Bertz CT molecular complexity index is 947. The first-order valence-corrected chi connectivity index (χ1v) is 8.16. The van der Waals surface area contributed by atoms with Crippen molar-refractivity contribution < 1.29 is 9.72 Å². The predicted molar refractivity (Wildman–Crippen MR) is 101 cm³/mol. The van der Waals surface area contributed by atoms with Gasteiger partial charge in [-0.15, -0.1) is 0 Å². The van der Waals surface area contributed by atoms with E-state index in [1.807, 2.05) is 0 Å². The monoisotopic (exact) mass is 415 g/mol. The standard InChI is InChI=1S/C15H12Cl3N5O3/c1-6-3-4-8(5-9(6)23(25)26)7(2)21-22-15(24)13-10(16)12(19)11(17)14(18)20-13/h3-5H,1-2H3,(H2,19,20)(H,22,24)/b21-7-. The summed E-state index contributed by atoms with van der Waals surface area (Å²) in [7, 11) is 0. The van der Waals surface area contributed by atoms with E-state index in [9.17, 15) is 14.9 Å². The fourth-order valence-corrected chi connectivity index (χ4v) is 2.56. The second kappa shape index (κ2) is 7.86. The molecule has 1 amide bonds. The van der Waals surface area contributed by atoms with Crippen LogP contribution in [-0.4, -0.2) is 21.5 Å². The second-order valence-electron chi connectivity index (χ2n) is 5.19. The molecule has 0 aliphatic carbocycles. The minimum absolute atomic E-state index is 0.0506. The number of benzene rings is 1. The molecule has 0 radical (unpaired) electrons. The Hall–Kier alpha value is -2.42. The number of hydrogen-bond donors (Lipinski definition) is 2. The highest BCUT2D eigenvalue weighted by atomic mass is 35.5. The molecule has 2 rings (SSSR count). The Labute approximate surface area is 163 Å². The Morgan fingerprint density at radius 2 is 1.96 bits per heavy atom. The number of nitrogen functional groups attached to an aromatic ring is 1. The molecule has 0 fully saturated rings. The van der Waals surface area contributed by atoms with Crippen molar-refractivity contribution in [1.82, 2.24) is 10.4 Å². The molecule has 0 aliphatic rings. The minimum Gasteiger partial charge on any atom is -0.396 e. The van der Waals surface area contributed by atoms with Crippen LogP contribution in [0.5, 0.6) is 0 Å². The van der Waals surface area contributed by atoms with Gasteiger partial charge in [0.2, 0.25) is 0 Å². The van der Waals surface area contributed by atoms with Crippen molar-refractivity contribution in [3.63, 3.8) is 0 Å². The topological polar surface area (TPSA) is 124 Å². The first-order valence-electron chi connectivity index (χ1n) is 7.03. The number of amides is 1. The van der Waals surface area contributed by atoms with Crippen LogP contribution in [0.15, 0.2) is 23.3 Å². The zero-order valence-corrected chi connectivity index (χ0v) is 15.8. The number of aryl methyl sites for hydroxylation is 1. The summed E-state index contributed by atoms with van der Waals surface area (Å²) in [4.78, 5) is 26.5. The molecule has 1 aromatic carbocycles. The number of carbonyl (C=O) groups is 1. The molecule has 136 valence electrons. The number of nitrogens with zero attached hydrogens (tertiary/aromatic N) is 3. The highest BCUT2D eigenvalue weighted by Gasteiger charge is 2.20. The highest BCUT2D eigenvalue weighted by molar-refractivity contribution is 6.46. The lowest BCUT2D eigenvalue weighted by molar-refractivity contribution is -0.385. The summed E-state index contributed by atoms with van der Waals surface area (Å²) in [6, 6.07) is 4.60. The molecule has 3 N–H and O–H groups in total. The number of carbonyl (C=O) groups excluding carboxylic acids is 1. The zero-order valence-electron chi connectivity index (χ0n) is 13.5. The maximum Gasteiger partial charge on any atom is 0.291 e. The first kappa shape index (κ1) is 19.9. The van der Waals surface area contributed by atoms with Gasteiger partial charge < -0.3 is 5.73 Å². The molecule has 2 aromatic rings. The van der Waals surface area contributed by atoms with Gasteiger partial charge in [-0.25, -0.2) is 10.4 Å². The summed E-state index contributed by atoms with van der Waals surface area (Å²) in [5.41, 5.74) is 8.86. The van der Waals surface area contributed by atoms with Crippen LogP contribution in [0.3, 0.4) is 0 Å². The lowest BCUT2D eigenvalue weighted by Crippen LogP contribution is -2.21. The fraction of sp³-hybridized carbons (Fsp3) is 0.133. The molecule has 1 aromatic heterocycles. The fourth-order valence-electron chi connectivity index (χ4n) is 1.97. The van der Waals surface area contributed by atoms with E-state index in [4.69, 9.17) is 40.5 Å². The van der Waals surface area contributed by atoms with Gasteiger partial charge in [-0.1, -0.05) is 46.9 Å². The van der Waals surface area contributed by atoms with E-state index in [0.717, 1.165) is 0 Å². The number of nitrogens with two attached hydrogens (primary N) is 1. The van der Waals surface area contributed by atoms with E-state index in [-0.39, 0.29) is 32.3 Å². The van der Waals surface area contributed by atoms with Crippen LogP contribution in [0.4, 0.5) is 11.4 Å². The lowest BCUT2D eigenvalue weighted by atomic mass is 10.1. The summed E-state index contributed by atoms with van der Waals surface area (Å²) < 4.78 is 0. The van der Waals surface area contributed by atoms with Gasteiger partial charge in [-0.2, -0.15) is 5.10 Å². The molecule has 0 bridgehead atoms. The normalized spacial score (nSPS) is 11.3. The molecular formula is C15H12Cl3N5O3. The largest absolute Gasteiger partial charge is 0.396 e. The SMILES string of the molecule is C/C(=N/NC(=O)c1nc(Cl)c(Cl)c(N)c1Cl)c1ccc(C)c([N+](=O)[O-])c1. The molecule has 0 saturated carbocycles. The number of pyridine rings is 1. The number of halogens is 3. The van der Waals surface area contributed by atoms with Crippen LogP contribution in [0.25, 0.3) is 0 Å². The molecule has 8 nitrogen and oxygen atoms in total. The first-order chi connectivity index (χ1) is 12.1. The summed E-state index contributed by atoms with van der Waals surface area (Å²) in [6.45, 7) is 3.20. The van der Waals surface area contributed by atoms with Crippen molar-refractivity contribution in [1.29, 1.82) is 0 Å². The van der Waals surface area contributed by atoms with Crippen molar-refractivity contribution in [3.8, 4) is 0 Å². The molecule has 0 aliphatic heterocycles. The van der Waals surface area contributed by atoms with Gasteiger partial charge in [-0.05, 0) is 13.8 Å². The molecule has 26 heavy (non-hydrogen) atoms. The predicted octanol–water partition coefficient (Wildman–Crippen LogP) is 3.99. The van der Waals surface area contributed by atoms with Crippen molar-refractivity contribution in [3.05, 3.63) is 60.3 Å².